The van der Waals surface area contributed by atoms with Gasteiger partial charge in [0, 0.05) is 7.11 Å². The number of carbonyl (C=O) groups excluding carboxylic acids is 2. The summed E-state index contributed by atoms with van der Waals surface area (Å²) in [5.74, 6) is -0.674. The zero-order chi connectivity index (χ0) is 12.9. The highest BCUT2D eigenvalue weighted by atomic mass is 16.6. The van der Waals surface area contributed by atoms with Crippen LogP contribution in [0, 0.1) is 5.92 Å². The van der Waals surface area contributed by atoms with Crippen LogP contribution in [0.25, 0.3) is 0 Å². The first-order chi connectivity index (χ1) is 7.17. The fourth-order valence-electron chi connectivity index (χ4n) is 1.40. The molecule has 0 aromatic rings. The molecule has 0 fully saturated rings. The highest BCUT2D eigenvalue weighted by molar-refractivity contribution is 5.98. The number of Topliss-reactive ketones (excluding diaryl/α,β-unsaturated/α-hetero) is 1. The smallest absolute Gasteiger partial charge is 0.313 e. The van der Waals surface area contributed by atoms with Gasteiger partial charge in [0.25, 0.3) is 0 Å². The maximum atomic E-state index is 11.7. The molecule has 0 saturated carbocycles. The molecule has 0 amide bonds. The minimum absolute atomic E-state index is 0.0555. The number of hydrogen-bond acceptors (Lipinski definition) is 4. The molecule has 0 bridgehead atoms. The molecule has 16 heavy (non-hydrogen) atoms. The summed E-state index contributed by atoms with van der Waals surface area (Å²) in [6.07, 6.45) is -0.763. The van der Waals surface area contributed by atoms with Crippen LogP contribution in [-0.2, 0) is 19.1 Å². The molecule has 0 saturated heterocycles. The molecular formula is C12H22O4. The number of ketones is 1. The van der Waals surface area contributed by atoms with Gasteiger partial charge < -0.3 is 9.47 Å². The Balaban J connectivity index is 4.29. The van der Waals surface area contributed by atoms with Crippen molar-refractivity contribution in [2.75, 3.05) is 7.11 Å². The normalized spacial score (nSPS) is 13.7. The van der Waals surface area contributed by atoms with Crippen molar-refractivity contribution in [3.63, 3.8) is 0 Å². The molecule has 94 valence electrons. The van der Waals surface area contributed by atoms with E-state index in [-0.39, 0.29) is 18.1 Å². The van der Waals surface area contributed by atoms with Crippen molar-refractivity contribution in [1.82, 2.24) is 0 Å². The lowest BCUT2D eigenvalue weighted by Gasteiger charge is -2.21. The van der Waals surface area contributed by atoms with Crippen molar-refractivity contribution in [3.05, 3.63) is 0 Å². The van der Waals surface area contributed by atoms with E-state index in [9.17, 15) is 9.59 Å². The summed E-state index contributed by atoms with van der Waals surface area (Å²) in [5, 5.41) is 0. The van der Waals surface area contributed by atoms with Crippen molar-refractivity contribution in [3.8, 4) is 0 Å². The summed E-state index contributed by atoms with van der Waals surface area (Å²) in [6, 6.07) is 0. The van der Waals surface area contributed by atoms with Crippen molar-refractivity contribution in [2.45, 2.75) is 52.7 Å². The number of methoxy groups -OCH3 is 1. The van der Waals surface area contributed by atoms with Crippen LogP contribution in [0.15, 0.2) is 0 Å². The van der Waals surface area contributed by atoms with Gasteiger partial charge in [-0.05, 0) is 26.7 Å². The molecule has 0 aliphatic heterocycles. The van der Waals surface area contributed by atoms with Crippen LogP contribution in [-0.4, -0.2) is 30.6 Å². The molecule has 0 aliphatic carbocycles. The SMILES string of the molecule is COC(C(=O)CC(=O)OC(C)(C)C)C(C)C. The number of hydrogen-bond donors (Lipinski definition) is 0. The van der Waals surface area contributed by atoms with Gasteiger partial charge in [0.05, 0.1) is 0 Å². The summed E-state index contributed by atoms with van der Waals surface area (Å²) >= 11 is 0. The monoisotopic (exact) mass is 230 g/mol. The van der Waals surface area contributed by atoms with Crippen molar-refractivity contribution < 1.29 is 19.1 Å². The minimum atomic E-state index is -0.558. The van der Waals surface area contributed by atoms with Crippen LogP contribution >= 0.6 is 0 Å². The van der Waals surface area contributed by atoms with Crippen LogP contribution < -0.4 is 0 Å². The highest BCUT2D eigenvalue weighted by Crippen LogP contribution is 2.12. The van der Waals surface area contributed by atoms with Crippen molar-refractivity contribution in [2.24, 2.45) is 5.92 Å². The molecule has 0 aliphatic rings. The number of carbonyl (C=O) groups is 2. The Morgan fingerprint density at radius 2 is 1.69 bits per heavy atom. The Morgan fingerprint density at radius 1 is 1.19 bits per heavy atom. The molecule has 4 heteroatoms. The Morgan fingerprint density at radius 3 is 2.00 bits per heavy atom. The molecule has 0 aromatic heterocycles. The standard InChI is InChI=1S/C12H22O4/c1-8(2)11(15-6)9(13)7-10(14)16-12(3,4)5/h8,11H,7H2,1-6H3. The molecule has 0 heterocycles. The largest absolute Gasteiger partial charge is 0.460 e. The summed E-state index contributed by atoms with van der Waals surface area (Å²) in [7, 11) is 1.47. The number of rotatable bonds is 5. The van der Waals surface area contributed by atoms with Gasteiger partial charge in [0.1, 0.15) is 18.1 Å². The topological polar surface area (TPSA) is 52.6 Å². The van der Waals surface area contributed by atoms with Crippen LogP contribution in [0.5, 0.6) is 0 Å². The maximum Gasteiger partial charge on any atom is 0.313 e. The molecule has 0 aromatic carbocycles. The lowest BCUT2D eigenvalue weighted by atomic mass is 10.0. The summed E-state index contributed by atoms with van der Waals surface area (Å²) in [4.78, 5) is 23.1. The van der Waals surface area contributed by atoms with Gasteiger partial charge in [-0.3, -0.25) is 9.59 Å². The molecule has 0 spiro atoms. The zero-order valence-electron chi connectivity index (χ0n) is 11.0. The van der Waals surface area contributed by atoms with Gasteiger partial charge in [-0.2, -0.15) is 0 Å². The first kappa shape index (κ1) is 15.1. The molecule has 4 nitrogen and oxygen atoms in total. The lowest BCUT2D eigenvalue weighted by Crippen LogP contribution is -2.32. The van der Waals surface area contributed by atoms with Crippen LogP contribution in [0.2, 0.25) is 0 Å². The third kappa shape index (κ3) is 5.85. The quantitative estimate of drug-likeness (QED) is 0.535. The average molecular weight is 230 g/mol. The first-order valence-electron chi connectivity index (χ1n) is 5.44. The maximum absolute atomic E-state index is 11.7. The van der Waals surface area contributed by atoms with E-state index in [0.717, 1.165) is 0 Å². The van der Waals surface area contributed by atoms with E-state index in [1.165, 1.54) is 7.11 Å². The zero-order valence-corrected chi connectivity index (χ0v) is 11.0. The fraction of sp³-hybridized carbons (Fsp3) is 0.833. The predicted octanol–water partition coefficient (Wildman–Crippen LogP) is 1.96. The van der Waals surface area contributed by atoms with E-state index in [0.29, 0.717) is 0 Å². The first-order valence-corrected chi connectivity index (χ1v) is 5.44. The Kier molecular flexibility index (Phi) is 5.65. The summed E-state index contributed by atoms with van der Waals surface area (Å²) < 4.78 is 10.1. The molecule has 0 N–H and O–H groups in total. The van der Waals surface area contributed by atoms with E-state index >= 15 is 0 Å². The van der Waals surface area contributed by atoms with E-state index in [4.69, 9.17) is 9.47 Å². The molecular weight excluding hydrogens is 208 g/mol. The van der Waals surface area contributed by atoms with Gasteiger partial charge in [-0.1, -0.05) is 13.8 Å². The summed E-state index contributed by atoms with van der Waals surface area (Å²) in [5.41, 5.74) is -0.558. The fourth-order valence-corrected chi connectivity index (χ4v) is 1.40. The van der Waals surface area contributed by atoms with Crippen molar-refractivity contribution in [1.29, 1.82) is 0 Å². The number of esters is 1. The third-order valence-corrected chi connectivity index (χ3v) is 1.92. The Bertz CT molecular complexity index is 250. The molecule has 0 radical (unpaired) electrons. The second-order valence-electron chi connectivity index (χ2n) is 5.13. The van der Waals surface area contributed by atoms with Crippen molar-refractivity contribution >= 4 is 11.8 Å². The van der Waals surface area contributed by atoms with Gasteiger partial charge >= 0.3 is 5.97 Å². The second-order valence-corrected chi connectivity index (χ2v) is 5.13. The van der Waals surface area contributed by atoms with Crippen LogP contribution in [0.4, 0.5) is 0 Å². The molecule has 0 rings (SSSR count). The minimum Gasteiger partial charge on any atom is -0.460 e. The van der Waals surface area contributed by atoms with E-state index in [1.54, 1.807) is 20.8 Å². The summed E-state index contributed by atoms with van der Waals surface area (Å²) in [6.45, 7) is 9.06. The van der Waals surface area contributed by atoms with Gasteiger partial charge in [0.15, 0.2) is 5.78 Å². The lowest BCUT2D eigenvalue weighted by molar-refractivity contribution is -0.158. The van der Waals surface area contributed by atoms with Gasteiger partial charge in [-0.15, -0.1) is 0 Å². The van der Waals surface area contributed by atoms with Gasteiger partial charge in [0.2, 0.25) is 0 Å². The number of ether oxygens (including phenoxy) is 2. The Labute approximate surface area is 97.3 Å². The Hall–Kier alpha value is -0.900. The van der Waals surface area contributed by atoms with Crippen LogP contribution in [0.3, 0.4) is 0 Å². The predicted molar refractivity (Wildman–Crippen MR) is 61.1 cm³/mol. The van der Waals surface area contributed by atoms with Gasteiger partial charge in [-0.25, -0.2) is 0 Å². The molecule has 1 atom stereocenters. The van der Waals surface area contributed by atoms with E-state index in [1.807, 2.05) is 13.8 Å². The average Bonchev–Trinajstić information content (AvgIpc) is 1.99. The van der Waals surface area contributed by atoms with E-state index in [2.05, 4.69) is 0 Å². The van der Waals surface area contributed by atoms with E-state index < -0.39 is 17.7 Å². The highest BCUT2D eigenvalue weighted by Gasteiger charge is 2.26. The third-order valence-electron chi connectivity index (χ3n) is 1.92. The van der Waals surface area contributed by atoms with Crippen LogP contribution in [0.1, 0.15) is 41.0 Å². The molecule has 1 unspecified atom stereocenters. The second kappa shape index (κ2) is 5.99.